The third kappa shape index (κ3) is 4.58. The fourth-order valence-corrected chi connectivity index (χ4v) is 2.26. The average Bonchev–Trinajstić information content (AvgIpc) is 3.01. The number of hydrogen-bond acceptors (Lipinski definition) is 4. The number of aromatic nitrogens is 2. The van der Waals surface area contributed by atoms with Gasteiger partial charge in [0.1, 0.15) is 5.60 Å². The molecule has 0 saturated heterocycles. The van der Waals surface area contributed by atoms with Gasteiger partial charge >= 0.3 is 6.03 Å². The maximum Gasteiger partial charge on any atom is 0.319 e. The Morgan fingerprint density at radius 1 is 1.28 bits per heavy atom. The largest absolute Gasteiger partial charge is 0.383 e. The molecule has 3 N–H and O–H groups in total. The first-order chi connectivity index (χ1) is 11.6. The molecule has 25 heavy (non-hydrogen) atoms. The second-order valence-corrected chi connectivity index (χ2v) is 6.80. The summed E-state index contributed by atoms with van der Waals surface area (Å²) in [4.78, 5) is 12.0. The molecule has 7 nitrogen and oxygen atoms in total. The molecule has 0 radical (unpaired) electrons. The lowest BCUT2D eigenvalue weighted by atomic mass is 9.86. The summed E-state index contributed by atoms with van der Waals surface area (Å²) in [6.45, 7) is 5.33. The van der Waals surface area contributed by atoms with E-state index in [2.05, 4.69) is 21.8 Å². The van der Waals surface area contributed by atoms with Crippen LogP contribution < -0.4 is 10.6 Å². The Bertz CT molecular complexity index is 785. The van der Waals surface area contributed by atoms with Gasteiger partial charge in [0.05, 0.1) is 24.2 Å². The number of amides is 2. The quantitative estimate of drug-likeness (QED) is 0.776. The van der Waals surface area contributed by atoms with Crippen LogP contribution in [0.2, 0.25) is 0 Å². The molecule has 1 heterocycles. The highest BCUT2D eigenvalue weighted by molar-refractivity contribution is 5.89. The lowest BCUT2D eigenvalue weighted by Crippen LogP contribution is -2.40. The number of nitrogens with zero attached hydrogens (tertiary/aromatic N) is 3. The monoisotopic (exact) mass is 341 g/mol. The van der Waals surface area contributed by atoms with E-state index in [0.717, 1.165) is 5.56 Å². The highest BCUT2D eigenvalue weighted by Crippen LogP contribution is 2.23. The summed E-state index contributed by atoms with van der Waals surface area (Å²) in [6, 6.07) is 8.92. The van der Waals surface area contributed by atoms with Crippen molar-refractivity contribution in [3.63, 3.8) is 0 Å². The average molecular weight is 341 g/mol. The van der Waals surface area contributed by atoms with Gasteiger partial charge < -0.3 is 15.7 Å². The smallest absolute Gasteiger partial charge is 0.319 e. The van der Waals surface area contributed by atoms with Crippen LogP contribution in [0.25, 0.3) is 0 Å². The Hall–Kier alpha value is -2.85. The summed E-state index contributed by atoms with van der Waals surface area (Å²) < 4.78 is 1.59. The fraction of sp³-hybridized carbons (Fsp3) is 0.389. The normalized spacial score (nSPS) is 13.6. The topological polar surface area (TPSA) is 103 Å². The van der Waals surface area contributed by atoms with E-state index in [1.54, 1.807) is 43.2 Å². The maximum absolute atomic E-state index is 12.0. The zero-order chi connectivity index (χ0) is 18.7. The number of nitrogens with one attached hydrogen (secondary N) is 2. The highest BCUT2D eigenvalue weighted by atomic mass is 16.3. The Labute approximate surface area is 147 Å². The fourth-order valence-electron chi connectivity index (χ4n) is 2.26. The molecule has 0 aliphatic rings. The van der Waals surface area contributed by atoms with E-state index >= 15 is 0 Å². The van der Waals surface area contributed by atoms with Crippen molar-refractivity contribution in [2.24, 2.45) is 7.05 Å². The van der Waals surface area contributed by atoms with E-state index in [1.807, 2.05) is 26.0 Å². The van der Waals surface area contributed by atoms with Crippen LogP contribution in [0, 0.1) is 11.3 Å². The second-order valence-electron chi connectivity index (χ2n) is 6.80. The van der Waals surface area contributed by atoms with Gasteiger partial charge in [0.25, 0.3) is 0 Å². The Balaban J connectivity index is 1.93. The second kappa shape index (κ2) is 6.95. The van der Waals surface area contributed by atoms with Crippen molar-refractivity contribution >= 4 is 11.7 Å². The zero-order valence-corrected chi connectivity index (χ0v) is 14.9. The van der Waals surface area contributed by atoms with E-state index < -0.39 is 17.0 Å². The molecule has 1 atom stereocenters. The third-order valence-electron chi connectivity index (χ3n) is 4.06. The number of anilines is 1. The number of benzene rings is 1. The van der Waals surface area contributed by atoms with Crippen LogP contribution in [-0.4, -0.2) is 27.5 Å². The number of rotatable bonds is 5. The van der Waals surface area contributed by atoms with Crippen molar-refractivity contribution in [3.8, 4) is 6.07 Å². The van der Waals surface area contributed by atoms with E-state index in [9.17, 15) is 9.90 Å². The molecule has 7 heteroatoms. The van der Waals surface area contributed by atoms with E-state index in [-0.39, 0.29) is 6.54 Å². The van der Waals surface area contributed by atoms with Gasteiger partial charge in [-0.2, -0.15) is 10.4 Å². The molecule has 0 saturated carbocycles. The van der Waals surface area contributed by atoms with Gasteiger partial charge in [-0.25, -0.2) is 4.79 Å². The number of aryl methyl sites for hydroxylation is 1. The van der Waals surface area contributed by atoms with E-state index in [1.165, 1.54) is 0 Å². The third-order valence-corrected chi connectivity index (χ3v) is 4.06. The molecular weight excluding hydrogens is 318 g/mol. The molecule has 0 aliphatic heterocycles. The minimum atomic E-state index is -1.22. The van der Waals surface area contributed by atoms with Gasteiger partial charge in [-0.05, 0) is 38.5 Å². The molecule has 1 aromatic heterocycles. The number of carbonyl (C=O) groups excluding carboxylic acids is 1. The minimum absolute atomic E-state index is 0.0457. The Kier molecular flexibility index (Phi) is 5.14. The van der Waals surface area contributed by atoms with Crippen LogP contribution >= 0.6 is 0 Å². The van der Waals surface area contributed by atoms with Crippen LogP contribution in [0.3, 0.4) is 0 Å². The molecule has 132 valence electrons. The van der Waals surface area contributed by atoms with Crippen LogP contribution in [0.5, 0.6) is 0 Å². The first kappa shape index (κ1) is 18.5. The van der Waals surface area contributed by atoms with Crippen LogP contribution in [-0.2, 0) is 18.1 Å². The first-order valence-corrected chi connectivity index (χ1v) is 7.92. The SMILES string of the molecule is Cn1cc([C@](C)(O)CNC(=O)Nc2ccc(C(C)(C)C#N)cc2)cn1. The van der Waals surface area contributed by atoms with Crippen LogP contribution in [0.1, 0.15) is 31.9 Å². The zero-order valence-electron chi connectivity index (χ0n) is 14.9. The van der Waals surface area contributed by atoms with Gasteiger partial charge in [0.15, 0.2) is 0 Å². The molecule has 0 aliphatic carbocycles. The number of hydrogen-bond donors (Lipinski definition) is 3. The maximum atomic E-state index is 12.0. The van der Waals surface area contributed by atoms with Gasteiger partial charge in [-0.1, -0.05) is 12.1 Å². The van der Waals surface area contributed by atoms with E-state index in [0.29, 0.717) is 11.3 Å². The summed E-state index contributed by atoms with van der Waals surface area (Å²) in [5.41, 5.74) is 0.310. The van der Waals surface area contributed by atoms with Gasteiger partial charge in [0, 0.05) is 24.5 Å². The summed E-state index contributed by atoms with van der Waals surface area (Å²) in [6.07, 6.45) is 3.27. The van der Waals surface area contributed by atoms with Crippen LogP contribution in [0.15, 0.2) is 36.7 Å². The van der Waals surface area contributed by atoms with Crippen molar-refractivity contribution in [2.75, 3.05) is 11.9 Å². The molecule has 0 unspecified atom stereocenters. The number of carbonyl (C=O) groups is 1. The van der Waals surface area contributed by atoms with Gasteiger partial charge in [-0.15, -0.1) is 0 Å². The molecule has 2 amide bonds. The first-order valence-electron chi connectivity index (χ1n) is 7.92. The lowest BCUT2D eigenvalue weighted by molar-refractivity contribution is 0.0599. The van der Waals surface area contributed by atoms with Crippen molar-refractivity contribution in [1.82, 2.24) is 15.1 Å². The minimum Gasteiger partial charge on any atom is -0.383 e. The van der Waals surface area contributed by atoms with Crippen molar-refractivity contribution < 1.29 is 9.90 Å². The molecule has 0 fully saturated rings. The molecule has 2 aromatic rings. The summed E-state index contributed by atoms with van der Waals surface area (Å²) in [5.74, 6) is 0. The predicted molar refractivity (Wildman–Crippen MR) is 94.9 cm³/mol. The van der Waals surface area contributed by atoms with Crippen LogP contribution in [0.4, 0.5) is 10.5 Å². The van der Waals surface area contributed by atoms with Gasteiger partial charge in [0.2, 0.25) is 0 Å². The Morgan fingerprint density at radius 3 is 2.44 bits per heavy atom. The molecule has 1 aromatic carbocycles. The Morgan fingerprint density at radius 2 is 1.92 bits per heavy atom. The van der Waals surface area contributed by atoms with E-state index in [4.69, 9.17) is 5.26 Å². The van der Waals surface area contributed by atoms with Crippen molar-refractivity contribution in [1.29, 1.82) is 5.26 Å². The van der Waals surface area contributed by atoms with Gasteiger partial charge in [-0.3, -0.25) is 4.68 Å². The number of aliphatic hydroxyl groups is 1. The molecule has 0 spiro atoms. The standard InChI is InChI=1S/C18H23N5O2/c1-17(2,11-19)13-5-7-15(8-6-13)22-16(24)20-12-18(3,25)14-9-21-23(4)10-14/h5-10,25H,12H2,1-4H3,(H2,20,22,24)/t18-/m1/s1. The summed E-state index contributed by atoms with van der Waals surface area (Å²) >= 11 is 0. The highest BCUT2D eigenvalue weighted by Gasteiger charge is 2.25. The summed E-state index contributed by atoms with van der Waals surface area (Å²) in [5, 5.41) is 29.0. The molecular formula is C18H23N5O2. The summed E-state index contributed by atoms with van der Waals surface area (Å²) in [7, 11) is 1.76. The predicted octanol–water partition coefficient (Wildman–Crippen LogP) is 2.25. The van der Waals surface area contributed by atoms with Crippen molar-refractivity contribution in [3.05, 3.63) is 47.8 Å². The van der Waals surface area contributed by atoms with Crippen molar-refractivity contribution in [2.45, 2.75) is 31.8 Å². The lowest BCUT2D eigenvalue weighted by Gasteiger charge is -2.22. The molecule has 2 rings (SSSR count). The number of nitriles is 1. The molecule has 0 bridgehead atoms. The number of urea groups is 1.